The van der Waals surface area contributed by atoms with E-state index in [2.05, 4.69) is 13.2 Å². The third-order valence-corrected chi connectivity index (χ3v) is 0.167. The molecule has 0 unspecified atom stereocenters. The second kappa shape index (κ2) is 8.84. The quantitative estimate of drug-likeness (QED) is 0.488. The van der Waals surface area contributed by atoms with Crippen molar-refractivity contribution in [2.45, 2.75) is 0 Å². The summed E-state index contributed by atoms with van der Waals surface area (Å²) in [5, 5.41) is 0. The minimum absolute atomic E-state index is 0. The SMILES string of the molecule is C=CC=C.[Bi]. The molecule has 1 heteroatoms. The van der Waals surface area contributed by atoms with Crippen molar-refractivity contribution in [1.29, 1.82) is 0 Å². The molecule has 0 amide bonds. The van der Waals surface area contributed by atoms with Crippen LogP contribution in [0.4, 0.5) is 0 Å². The molecule has 0 rings (SSSR count). The smallest absolute Gasteiger partial charge is 0 e. The van der Waals surface area contributed by atoms with Crippen LogP contribution >= 0.6 is 0 Å². The van der Waals surface area contributed by atoms with Crippen molar-refractivity contribution in [3.8, 4) is 0 Å². The maximum atomic E-state index is 3.36. The second-order valence-corrected chi connectivity index (χ2v) is 0.471. The van der Waals surface area contributed by atoms with E-state index in [1.165, 1.54) is 0 Å². The molecule has 3 radical (unpaired) electrons. The van der Waals surface area contributed by atoms with Crippen molar-refractivity contribution in [3.05, 3.63) is 25.3 Å². The number of rotatable bonds is 1. The van der Waals surface area contributed by atoms with Crippen LogP contribution in [0.25, 0.3) is 0 Å². The molecular weight excluding hydrogens is 257 g/mol. The topological polar surface area (TPSA) is 0 Å². The van der Waals surface area contributed by atoms with Gasteiger partial charge in [-0.2, -0.15) is 0 Å². The molecule has 0 bridgehead atoms. The first-order valence-electron chi connectivity index (χ1n) is 1.15. The fourth-order valence-electron chi connectivity index (χ4n) is 0. The zero-order valence-electron chi connectivity index (χ0n) is 3.02. The summed E-state index contributed by atoms with van der Waals surface area (Å²) in [6, 6.07) is 0. The van der Waals surface area contributed by atoms with Gasteiger partial charge in [0.25, 0.3) is 0 Å². The fourth-order valence-corrected chi connectivity index (χ4v) is 0. The van der Waals surface area contributed by atoms with E-state index >= 15 is 0 Å². The zero-order chi connectivity index (χ0) is 3.41. The van der Waals surface area contributed by atoms with E-state index in [1.54, 1.807) is 12.2 Å². The van der Waals surface area contributed by atoms with E-state index in [-0.39, 0.29) is 26.2 Å². The zero-order valence-corrected chi connectivity index (χ0v) is 6.49. The molecule has 0 aliphatic heterocycles. The molecule has 0 fully saturated rings. The number of hydrogen-bond donors (Lipinski definition) is 0. The molecule has 0 atom stereocenters. The van der Waals surface area contributed by atoms with Crippen LogP contribution in [-0.4, -0.2) is 26.2 Å². The Balaban J connectivity index is 0. The van der Waals surface area contributed by atoms with Crippen LogP contribution in [0.3, 0.4) is 0 Å². The Labute approximate surface area is 51.7 Å². The summed E-state index contributed by atoms with van der Waals surface area (Å²) in [4.78, 5) is 0. The molecule has 0 aromatic rings. The molecule has 27 valence electrons. The fraction of sp³-hybridized carbons (Fsp3) is 0. The average molecular weight is 263 g/mol. The van der Waals surface area contributed by atoms with Crippen molar-refractivity contribution >= 4 is 26.2 Å². The van der Waals surface area contributed by atoms with E-state index in [0.717, 1.165) is 0 Å². The van der Waals surface area contributed by atoms with Gasteiger partial charge in [-0.3, -0.25) is 0 Å². The molecule has 0 N–H and O–H groups in total. The van der Waals surface area contributed by atoms with Crippen molar-refractivity contribution in [3.63, 3.8) is 0 Å². The molecule has 5 heavy (non-hydrogen) atoms. The van der Waals surface area contributed by atoms with Crippen molar-refractivity contribution in [1.82, 2.24) is 0 Å². The van der Waals surface area contributed by atoms with Gasteiger partial charge in [0.05, 0.1) is 0 Å². The Kier molecular flexibility index (Phi) is 16.0. The first-order chi connectivity index (χ1) is 1.91. The molecular formula is C4H6Bi. The third kappa shape index (κ3) is 13.1. The van der Waals surface area contributed by atoms with Gasteiger partial charge in [-0.25, -0.2) is 0 Å². The predicted molar refractivity (Wildman–Crippen MR) is 26.1 cm³/mol. The first-order valence-corrected chi connectivity index (χ1v) is 1.15. The van der Waals surface area contributed by atoms with Gasteiger partial charge in [0.15, 0.2) is 0 Å². The molecule has 0 aromatic heterocycles. The van der Waals surface area contributed by atoms with Gasteiger partial charge in [0.2, 0.25) is 0 Å². The average Bonchev–Trinajstić information content (AvgIpc) is 1.37. The van der Waals surface area contributed by atoms with Crippen LogP contribution in [0, 0.1) is 0 Å². The molecule has 0 aliphatic carbocycles. The third-order valence-electron chi connectivity index (χ3n) is 0.167. The maximum absolute atomic E-state index is 3.36. The standard InChI is InChI=1S/C4H6.Bi/c1-3-4-2;/h3-4H,1-2H2;. The Morgan fingerprint density at radius 3 is 1.20 bits per heavy atom. The van der Waals surface area contributed by atoms with Crippen LogP contribution < -0.4 is 0 Å². The largest absolute Gasteiger partial charge is 0.0991 e. The van der Waals surface area contributed by atoms with Gasteiger partial charge >= 0.3 is 0 Å². The van der Waals surface area contributed by atoms with Crippen molar-refractivity contribution in [2.75, 3.05) is 0 Å². The summed E-state index contributed by atoms with van der Waals surface area (Å²) < 4.78 is 0. The summed E-state index contributed by atoms with van der Waals surface area (Å²) in [7, 11) is 0. The Bertz CT molecular complexity index is 24.6. The van der Waals surface area contributed by atoms with Crippen LogP contribution in [0.1, 0.15) is 0 Å². The molecule has 0 nitrogen and oxygen atoms in total. The molecule has 0 aromatic carbocycles. The Morgan fingerprint density at radius 1 is 1.00 bits per heavy atom. The maximum Gasteiger partial charge on any atom is 0 e. The monoisotopic (exact) mass is 263 g/mol. The molecule has 0 heterocycles. The number of hydrogen-bond acceptors (Lipinski definition) is 0. The van der Waals surface area contributed by atoms with Crippen LogP contribution in [0.15, 0.2) is 25.3 Å². The normalized spacial score (nSPS) is 4.00. The van der Waals surface area contributed by atoms with Crippen LogP contribution in [0.2, 0.25) is 0 Å². The summed E-state index contributed by atoms with van der Waals surface area (Å²) in [5.74, 6) is 0. The van der Waals surface area contributed by atoms with E-state index < -0.39 is 0 Å². The van der Waals surface area contributed by atoms with E-state index in [9.17, 15) is 0 Å². The number of allylic oxidation sites excluding steroid dienone is 2. The van der Waals surface area contributed by atoms with Crippen molar-refractivity contribution < 1.29 is 0 Å². The van der Waals surface area contributed by atoms with Gasteiger partial charge in [-0.1, -0.05) is 25.3 Å². The summed E-state index contributed by atoms with van der Waals surface area (Å²) >= 11 is 0. The van der Waals surface area contributed by atoms with E-state index in [1.807, 2.05) is 0 Å². The summed E-state index contributed by atoms with van der Waals surface area (Å²) in [6.45, 7) is 6.72. The minimum atomic E-state index is 0. The van der Waals surface area contributed by atoms with Gasteiger partial charge in [0.1, 0.15) is 0 Å². The molecule has 0 spiro atoms. The Hall–Kier alpha value is 0.363. The van der Waals surface area contributed by atoms with Gasteiger partial charge in [0, 0.05) is 26.2 Å². The molecule has 0 aliphatic rings. The predicted octanol–water partition coefficient (Wildman–Crippen LogP) is 0.978. The minimum Gasteiger partial charge on any atom is -0.0991 e. The van der Waals surface area contributed by atoms with Crippen LogP contribution in [0.5, 0.6) is 0 Å². The van der Waals surface area contributed by atoms with Crippen LogP contribution in [-0.2, 0) is 0 Å². The van der Waals surface area contributed by atoms with E-state index in [4.69, 9.17) is 0 Å². The van der Waals surface area contributed by atoms with Gasteiger partial charge in [-0.15, -0.1) is 0 Å². The van der Waals surface area contributed by atoms with Crippen molar-refractivity contribution in [2.24, 2.45) is 0 Å². The summed E-state index contributed by atoms with van der Waals surface area (Å²) in [5.41, 5.74) is 0. The molecule has 0 saturated heterocycles. The van der Waals surface area contributed by atoms with Gasteiger partial charge < -0.3 is 0 Å². The van der Waals surface area contributed by atoms with E-state index in [0.29, 0.717) is 0 Å². The van der Waals surface area contributed by atoms with Gasteiger partial charge in [-0.05, 0) is 0 Å². The second-order valence-electron chi connectivity index (χ2n) is 0.471. The first kappa shape index (κ1) is 9.03. The summed E-state index contributed by atoms with van der Waals surface area (Å²) in [6.07, 6.45) is 3.28. The Morgan fingerprint density at radius 2 is 1.20 bits per heavy atom. The molecule has 0 saturated carbocycles.